The standard InChI is InChI=1S/C23H21NO5S/c1-18(25)17-29-23(26)20-11-8-14-22(15-20)30(27,28)24(21-12-6-3-7-13-21)16-19-9-4-2-5-10-19/h2-15H,16-17H2,1H3. The molecule has 3 aromatic carbocycles. The predicted molar refractivity (Wildman–Crippen MR) is 114 cm³/mol. The molecule has 0 saturated heterocycles. The number of hydrogen-bond donors (Lipinski definition) is 0. The summed E-state index contributed by atoms with van der Waals surface area (Å²) in [6.45, 7) is 1.07. The van der Waals surface area contributed by atoms with Gasteiger partial charge in [-0.3, -0.25) is 9.10 Å². The van der Waals surface area contributed by atoms with Gasteiger partial charge >= 0.3 is 5.97 Å². The van der Waals surface area contributed by atoms with Crippen LogP contribution in [0.15, 0.2) is 89.8 Å². The molecule has 0 spiro atoms. The van der Waals surface area contributed by atoms with Crippen molar-refractivity contribution in [1.29, 1.82) is 0 Å². The van der Waals surface area contributed by atoms with Crippen LogP contribution in [0.2, 0.25) is 0 Å². The molecule has 0 atom stereocenters. The fourth-order valence-electron chi connectivity index (χ4n) is 2.82. The van der Waals surface area contributed by atoms with E-state index < -0.39 is 16.0 Å². The number of nitrogens with zero attached hydrogens (tertiary/aromatic N) is 1. The Morgan fingerprint density at radius 2 is 1.50 bits per heavy atom. The van der Waals surface area contributed by atoms with Crippen molar-refractivity contribution in [1.82, 2.24) is 0 Å². The quantitative estimate of drug-likeness (QED) is 0.515. The highest BCUT2D eigenvalue weighted by Gasteiger charge is 2.26. The Bertz CT molecular complexity index is 1130. The van der Waals surface area contributed by atoms with Gasteiger partial charge in [-0.05, 0) is 42.8 Å². The van der Waals surface area contributed by atoms with Crippen LogP contribution in [-0.4, -0.2) is 26.8 Å². The summed E-state index contributed by atoms with van der Waals surface area (Å²) in [7, 11) is -3.98. The number of ether oxygens (including phenoxy) is 1. The first-order valence-corrected chi connectivity index (χ1v) is 10.7. The molecule has 0 fully saturated rings. The van der Waals surface area contributed by atoms with Gasteiger partial charge in [0.15, 0.2) is 5.78 Å². The highest BCUT2D eigenvalue weighted by molar-refractivity contribution is 7.92. The Hall–Kier alpha value is -3.45. The van der Waals surface area contributed by atoms with Gasteiger partial charge < -0.3 is 4.74 Å². The fourth-order valence-corrected chi connectivity index (χ4v) is 4.32. The van der Waals surface area contributed by atoms with E-state index in [4.69, 9.17) is 4.74 Å². The number of carbonyl (C=O) groups excluding carboxylic acids is 2. The zero-order chi connectivity index (χ0) is 21.6. The molecule has 0 saturated carbocycles. The minimum absolute atomic E-state index is 0.0421. The SMILES string of the molecule is CC(=O)COC(=O)c1cccc(S(=O)(=O)N(Cc2ccccc2)c2ccccc2)c1. The Labute approximate surface area is 175 Å². The summed E-state index contributed by atoms with van der Waals surface area (Å²) in [4.78, 5) is 23.2. The van der Waals surface area contributed by atoms with Gasteiger partial charge in [0, 0.05) is 0 Å². The van der Waals surface area contributed by atoms with E-state index in [0.29, 0.717) is 5.69 Å². The average molecular weight is 423 g/mol. The van der Waals surface area contributed by atoms with Gasteiger partial charge in [-0.1, -0.05) is 54.6 Å². The molecule has 0 N–H and O–H groups in total. The topological polar surface area (TPSA) is 80.8 Å². The lowest BCUT2D eigenvalue weighted by molar-refractivity contribution is -0.120. The highest BCUT2D eigenvalue weighted by Crippen LogP contribution is 2.26. The van der Waals surface area contributed by atoms with E-state index in [9.17, 15) is 18.0 Å². The van der Waals surface area contributed by atoms with E-state index in [1.807, 2.05) is 36.4 Å². The molecule has 0 bridgehead atoms. The number of carbonyl (C=O) groups is 2. The molecular formula is C23H21NO5S. The van der Waals surface area contributed by atoms with Crippen LogP contribution in [0.25, 0.3) is 0 Å². The lowest BCUT2D eigenvalue weighted by Gasteiger charge is -2.25. The summed E-state index contributed by atoms with van der Waals surface area (Å²) < 4.78 is 33.2. The molecule has 30 heavy (non-hydrogen) atoms. The average Bonchev–Trinajstić information content (AvgIpc) is 2.77. The fraction of sp³-hybridized carbons (Fsp3) is 0.130. The van der Waals surface area contributed by atoms with Crippen LogP contribution < -0.4 is 4.31 Å². The number of anilines is 1. The largest absolute Gasteiger partial charge is 0.454 e. The van der Waals surface area contributed by atoms with Gasteiger partial charge in [0.05, 0.1) is 22.7 Å². The van der Waals surface area contributed by atoms with Crippen molar-refractivity contribution in [3.8, 4) is 0 Å². The predicted octanol–water partition coefficient (Wildman–Crippen LogP) is 3.83. The van der Waals surface area contributed by atoms with Crippen molar-refractivity contribution in [3.63, 3.8) is 0 Å². The molecule has 154 valence electrons. The maximum Gasteiger partial charge on any atom is 0.338 e. The van der Waals surface area contributed by atoms with E-state index in [2.05, 4.69) is 0 Å². The molecule has 0 unspecified atom stereocenters. The number of hydrogen-bond acceptors (Lipinski definition) is 5. The number of Topliss-reactive ketones (excluding diaryl/α,β-unsaturated/α-hetero) is 1. The van der Waals surface area contributed by atoms with E-state index in [1.165, 1.54) is 35.5 Å². The van der Waals surface area contributed by atoms with Crippen molar-refractivity contribution in [2.75, 3.05) is 10.9 Å². The molecule has 3 aromatic rings. The summed E-state index contributed by atoms with van der Waals surface area (Å²) in [5.74, 6) is -1.05. The maximum atomic E-state index is 13.5. The van der Waals surface area contributed by atoms with Gasteiger partial charge in [0.2, 0.25) is 0 Å². The molecule has 6 nitrogen and oxygen atoms in total. The molecule has 7 heteroatoms. The molecule has 0 amide bonds. The Kier molecular flexibility index (Phi) is 6.64. The summed E-state index contributed by atoms with van der Waals surface area (Å²) in [5.41, 5.74) is 1.39. The summed E-state index contributed by atoms with van der Waals surface area (Å²) in [6.07, 6.45) is 0. The second-order valence-electron chi connectivity index (χ2n) is 6.64. The number of esters is 1. The normalized spacial score (nSPS) is 11.0. The third kappa shape index (κ3) is 5.12. The number of para-hydroxylation sites is 1. The Morgan fingerprint density at radius 1 is 0.867 bits per heavy atom. The lowest BCUT2D eigenvalue weighted by atomic mass is 10.2. The number of rotatable bonds is 8. The van der Waals surface area contributed by atoms with Gasteiger partial charge in [0.25, 0.3) is 10.0 Å². The first kappa shape index (κ1) is 21.3. The minimum Gasteiger partial charge on any atom is -0.454 e. The molecule has 0 aromatic heterocycles. The highest BCUT2D eigenvalue weighted by atomic mass is 32.2. The van der Waals surface area contributed by atoms with Crippen molar-refractivity contribution in [2.24, 2.45) is 0 Å². The summed E-state index contributed by atoms with van der Waals surface area (Å²) in [5, 5.41) is 0. The Balaban J connectivity index is 1.98. The smallest absolute Gasteiger partial charge is 0.338 e. The van der Waals surface area contributed by atoms with Crippen LogP contribution in [0.1, 0.15) is 22.8 Å². The van der Waals surface area contributed by atoms with Crippen LogP contribution in [0.3, 0.4) is 0 Å². The number of sulfonamides is 1. The monoisotopic (exact) mass is 423 g/mol. The summed E-state index contributed by atoms with van der Waals surface area (Å²) in [6, 6.07) is 23.6. The maximum absolute atomic E-state index is 13.5. The van der Waals surface area contributed by atoms with Gasteiger partial charge in [-0.15, -0.1) is 0 Å². The lowest BCUT2D eigenvalue weighted by Crippen LogP contribution is -2.30. The van der Waals surface area contributed by atoms with Gasteiger partial charge in [-0.2, -0.15) is 0 Å². The van der Waals surface area contributed by atoms with Crippen molar-refractivity contribution < 1.29 is 22.7 Å². The molecular weight excluding hydrogens is 402 g/mol. The third-order valence-corrected chi connectivity index (χ3v) is 6.05. The molecule has 0 heterocycles. The third-order valence-electron chi connectivity index (χ3n) is 4.28. The minimum atomic E-state index is -3.98. The molecule has 0 radical (unpaired) electrons. The molecule has 0 aliphatic rings. The number of benzene rings is 3. The van der Waals surface area contributed by atoms with Crippen molar-refractivity contribution in [2.45, 2.75) is 18.4 Å². The molecule has 3 rings (SSSR count). The van der Waals surface area contributed by atoms with Crippen LogP contribution in [-0.2, 0) is 26.1 Å². The van der Waals surface area contributed by atoms with Crippen LogP contribution in [0.4, 0.5) is 5.69 Å². The van der Waals surface area contributed by atoms with Crippen LogP contribution in [0.5, 0.6) is 0 Å². The zero-order valence-electron chi connectivity index (χ0n) is 16.4. The first-order valence-electron chi connectivity index (χ1n) is 9.26. The van der Waals surface area contributed by atoms with Gasteiger partial charge in [0.1, 0.15) is 6.61 Å². The van der Waals surface area contributed by atoms with E-state index in [1.54, 1.807) is 24.3 Å². The van der Waals surface area contributed by atoms with Crippen LogP contribution in [0, 0.1) is 0 Å². The van der Waals surface area contributed by atoms with E-state index >= 15 is 0 Å². The second kappa shape index (κ2) is 9.37. The second-order valence-corrected chi connectivity index (χ2v) is 8.50. The van der Waals surface area contributed by atoms with E-state index in [-0.39, 0.29) is 29.4 Å². The Morgan fingerprint density at radius 3 is 2.13 bits per heavy atom. The van der Waals surface area contributed by atoms with Crippen molar-refractivity contribution in [3.05, 3.63) is 96.1 Å². The first-order chi connectivity index (χ1) is 14.4. The van der Waals surface area contributed by atoms with Gasteiger partial charge in [-0.25, -0.2) is 13.2 Å². The van der Waals surface area contributed by atoms with E-state index in [0.717, 1.165) is 5.56 Å². The molecule has 0 aliphatic carbocycles. The molecule has 0 aliphatic heterocycles. The van der Waals surface area contributed by atoms with Crippen molar-refractivity contribution >= 4 is 27.5 Å². The summed E-state index contributed by atoms with van der Waals surface area (Å²) >= 11 is 0. The zero-order valence-corrected chi connectivity index (χ0v) is 17.2. The number of ketones is 1. The van der Waals surface area contributed by atoms with Crippen LogP contribution >= 0.6 is 0 Å².